The van der Waals surface area contributed by atoms with Gasteiger partial charge >= 0.3 is 0 Å². The number of hydrogen-bond acceptors (Lipinski definition) is 3. The lowest BCUT2D eigenvalue weighted by atomic mass is 9.78. The van der Waals surface area contributed by atoms with Gasteiger partial charge in [0.25, 0.3) is 5.91 Å². The molecule has 1 aromatic carbocycles. The second-order valence-corrected chi connectivity index (χ2v) is 5.81. The fourth-order valence-electron chi connectivity index (χ4n) is 2.40. The standard InChI is InChI=1S/C16H22BrNO3/c1-3-20-13-7-6-12(10-14(13)21-4-2)15(19)18-16(11-17)8-5-9-16/h6-7,10H,3-5,8-9,11H2,1-2H3,(H,18,19). The van der Waals surface area contributed by atoms with Crippen LogP contribution in [0.5, 0.6) is 11.5 Å². The Bertz CT molecular complexity index is 495. The van der Waals surface area contributed by atoms with Crippen LogP contribution < -0.4 is 14.8 Å². The van der Waals surface area contributed by atoms with Gasteiger partial charge in [-0.3, -0.25) is 4.79 Å². The minimum atomic E-state index is -0.0819. The Morgan fingerprint density at radius 3 is 2.43 bits per heavy atom. The summed E-state index contributed by atoms with van der Waals surface area (Å²) in [5, 5.41) is 3.93. The minimum absolute atomic E-state index is 0.0573. The molecule has 1 amide bonds. The average molecular weight is 356 g/mol. The van der Waals surface area contributed by atoms with Gasteiger partial charge in [-0.2, -0.15) is 0 Å². The molecule has 21 heavy (non-hydrogen) atoms. The van der Waals surface area contributed by atoms with Crippen LogP contribution >= 0.6 is 15.9 Å². The molecule has 0 aliphatic heterocycles. The van der Waals surface area contributed by atoms with Crippen molar-refractivity contribution < 1.29 is 14.3 Å². The molecule has 2 rings (SSSR count). The summed E-state index contributed by atoms with van der Waals surface area (Å²) in [6.07, 6.45) is 3.22. The highest BCUT2D eigenvalue weighted by atomic mass is 79.9. The van der Waals surface area contributed by atoms with E-state index in [-0.39, 0.29) is 11.4 Å². The molecule has 0 saturated heterocycles. The van der Waals surface area contributed by atoms with Gasteiger partial charge < -0.3 is 14.8 Å². The normalized spacial score (nSPS) is 16.0. The zero-order valence-corrected chi connectivity index (χ0v) is 14.2. The van der Waals surface area contributed by atoms with Crippen molar-refractivity contribution in [3.63, 3.8) is 0 Å². The van der Waals surface area contributed by atoms with Crippen molar-refractivity contribution in [1.82, 2.24) is 5.32 Å². The van der Waals surface area contributed by atoms with E-state index in [0.29, 0.717) is 30.3 Å². The van der Waals surface area contributed by atoms with E-state index < -0.39 is 0 Å². The van der Waals surface area contributed by atoms with Gasteiger partial charge in [0, 0.05) is 10.9 Å². The van der Waals surface area contributed by atoms with Crippen molar-refractivity contribution >= 4 is 21.8 Å². The van der Waals surface area contributed by atoms with Gasteiger partial charge in [-0.25, -0.2) is 0 Å². The lowest BCUT2D eigenvalue weighted by Gasteiger charge is -2.41. The highest BCUT2D eigenvalue weighted by Crippen LogP contribution is 2.34. The Labute approximate surface area is 134 Å². The van der Waals surface area contributed by atoms with Gasteiger partial charge in [-0.15, -0.1) is 0 Å². The third kappa shape index (κ3) is 3.70. The first-order chi connectivity index (χ1) is 10.1. The van der Waals surface area contributed by atoms with E-state index in [9.17, 15) is 4.79 Å². The molecule has 1 fully saturated rings. The van der Waals surface area contributed by atoms with Crippen LogP contribution in [0.15, 0.2) is 18.2 Å². The Hall–Kier alpha value is -1.23. The Kier molecular flexibility index (Phi) is 5.51. The van der Waals surface area contributed by atoms with Crippen LogP contribution in [0.2, 0.25) is 0 Å². The van der Waals surface area contributed by atoms with Gasteiger partial charge in [-0.05, 0) is 51.3 Å². The molecular weight excluding hydrogens is 334 g/mol. The summed E-state index contributed by atoms with van der Waals surface area (Å²) in [7, 11) is 0. The summed E-state index contributed by atoms with van der Waals surface area (Å²) in [5.74, 6) is 1.24. The molecule has 0 heterocycles. The Balaban J connectivity index is 2.15. The van der Waals surface area contributed by atoms with Crippen LogP contribution in [0.25, 0.3) is 0 Å². The molecule has 0 unspecified atom stereocenters. The summed E-state index contributed by atoms with van der Waals surface area (Å²) < 4.78 is 11.1. The largest absolute Gasteiger partial charge is 0.490 e. The quantitative estimate of drug-likeness (QED) is 0.761. The van der Waals surface area contributed by atoms with Crippen molar-refractivity contribution in [2.75, 3.05) is 18.5 Å². The predicted octanol–water partition coefficient (Wildman–Crippen LogP) is 3.53. The number of rotatable bonds is 7. The van der Waals surface area contributed by atoms with Gasteiger partial charge in [0.1, 0.15) is 0 Å². The monoisotopic (exact) mass is 355 g/mol. The van der Waals surface area contributed by atoms with Crippen LogP contribution in [0, 0.1) is 0 Å². The molecule has 116 valence electrons. The summed E-state index contributed by atoms with van der Waals surface area (Å²) in [6.45, 7) is 4.94. The first-order valence-corrected chi connectivity index (χ1v) is 8.54. The molecule has 1 saturated carbocycles. The third-order valence-electron chi connectivity index (χ3n) is 3.75. The first-order valence-electron chi connectivity index (χ1n) is 7.42. The number of carbonyl (C=O) groups is 1. The molecular formula is C16H22BrNO3. The van der Waals surface area contributed by atoms with Crippen LogP contribution in [-0.2, 0) is 0 Å². The van der Waals surface area contributed by atoms with Crippen molar-refractivity contribution in [2.45, 2.75) is 38.6 Å². The zero-order chi connectivity index (χ0) is 15.3. The molecule has 4 nitrogen and oxygen atoms in total. The first kappa shape index (κ1) is 16.1. The SMILES string of the molecule is CCOc1ccc(C(=O)NC2(CBr)CCC2)cc1OCC. The number of amides is 1. The number of hydrogen-bond donors (Lipinski definition) is 1. The maximum Gasteiger partial charge on any atom is 0.251 e. The van der Waals surface area contributed by atoms with E-state index in [1.165, 1.54) is 6.42 Å². The molecule has 0 atom stereocenters. The van der Waals surface area contributed by atoms with Crippen LogP contribution in [0.4, 0.5) is 0 Å². The molecule has 0 spiro atoms. The number of nitrogens with one attached hydrogen (secondary N) is 1. The van der Waals surface area contributed by atoms with Crippen molar-refractivity contribution in [3.05, 3.63) is 23.8 Å². The van der Waals surface area contributed by atoms with Crippen LogP contribution in [0.1, 0.15) is 43.5 Å². The summed E-state index contributed by atoms with van der Waals surface area (Å²) in [5.41, 5.74) is 0.524. The molecule has 1 aliphatic carbocycles. The molecule has 0 aromatic heterocycles. The maximum absolute atomic E-state index is 12.4. The number of carbonyl (C=O) groups excluding carboxylic acids is 1. The van der Waals surface area contributed by atoms with Crippen molar-refractivity contribution in [1.29, 1.82) is 0 Å². The maximum atomic E-state index is 12.4. The summed E-state index contributed by atoms with van der Waals surface area (Å²) in [6, 6.07) is 5.33. The molecule has 1 aliphatic rings. The smallest absolute Gasteiger partial charge is 0.251 e. The van der Waals surface area contributed by atoms with Crippen molar-refractivity contribution in [3.8, 4) is 11.5 Å². The highest BCUT2D eigenvalue weighted by molar-refractivity contribution is 9.09. The number of halogens is 1. The van der Waals surface area contributed by atoms with E-state index in [4.69, 9.17) is 9.47 Å². The summed E-state index contributed by atoms with van der Waals surface area (Å²) in [4.78, 5) is 12.4. The number of benzene rings is 1. The summed E-state index contributed by atoms with van der Waals surface area (Å²) >= 11 is 3.50. The van der Waals surface area contributed by atoms with E-state index in [1.54, 1.807) is 18.2 Å². The number of alkyl halides is 1. The third-order valence-corrected chi connectivity index (χ3v) is 4.82. The average Bonchev–Trinajstić information content (AvgIpc) is 2.45. The van der Waals surface area contributed by atoms with Gasteiger partial charge in [0.2, 0.25) is 0 Å². The van der Waals surface area contributed by atoms with Gasteiger partial charge in [0.15, 0.2) is 11.5 Å². The van der Waals surface area contributed by atoms with Gasteiger partial charge in [0.05, 0.1) is 18.8 Å². The molecule has 1 aromatic rings. The Morgan fingerprint density at radius 2 is 1.90 bits per heavy atom. The van der Waals surface area contributed by atoms with Gasteiger partial charge in [-0.1, -0.05) is 15.9 Å². The van der Waals surface area contributed by atoms with Crippen LogP contribution in [-0.4, -0.2) is 30.0 Å². The lowest BCUT2D eigenvalue weighted by Crippen LogP contribution is -2.54. The molecule has 0 bridgehead atoms. The second kappa shape index (κ2) is 7.16. The second-order valence-electron chi connectivity index (χ2n) is 5.25. The molecule has 1 N–H and O–H groups in total. The highest BCUT2D eigenvalue weighted by Gasteiger charge is 2.37. The van der Waals surface area contributed by atoms with Crippen molar-refractivity contribution in [2.24, 2.45) is 0 Å². The van der Waals surface area contributed by atoms with E-state index in [0.717, 1.165) is 18.2 Å². The van der Waals surface area contributed by atoms with E-state index in [1.807, 2.05) is 13.8 Å². The van der Waals surface area contributed by atoms with Crippen LogP contribution in [0.3, 0.4) is 0 Å². The lowest BCUT2D eigenvalue weighted by molar-refractivity contribution is 0.0856. The number of ether oxygens (including phenoxy) is 2. The Morgan fingerprint density at radius 1 is 1.24 bits per heavy atom. The predicted molar refractivity (Wildman–Crippen MR) is 86.6 cm³/mol. The topological polar surface area (TPSA) is 47.6 Å². The van der Waals surface area contributed by atoms with E-state index in [2.05, 4.69) is 21.2 Å². The molecule has 5 heteroatoms. The van der Waals surface area contributed by atoms with E-state index >= 15 is 0 Å². The molecule has 0 radical (unpaired) electrons. The zero-order valence-electron chi connectivity index (χ0n) is 12.6. The fourth-order valence-corrected chi connectivity index (χ4v) is 3.10. The minimum Gasteiger partial charge on any atom is -0.490 e. The fraction of sp³-hybridized carbons (Fsp3) is 0.562.